The van der Waals surface area contributed by atoms with E-state index in [4.69, 9.17) is 11.5 Å². The van der Waals surface area contributed by atoms with Crippen LogP contribution in [0.3, 0.4) is 0 Å². The number of rotatable bonds is 3. The molecule has 7 N–H and O–H groups in total. The lowest BCUT2D eigenvalue weighted by molar-refractivity contribution is -0.437. The van der Waals surface area contributed by atoms with Crippen molar-refractivity contribution in [2.45, 2.75) is 0 Å². The van der Waals surface area contributed by atoms with Crippen LogP contribution in [-0.2, 0) is 0 Å². The van der Waals surface area contributed by atoms with Gasteiger partial charge in [0.2, 0.25) is 5.95 Å². The van der Waals surface area contributed by atoms with Crippen LogP contribution in [0.4, 0.5) is 23.8 Å². The van der Waals surface area contributed by atoms with E-state index < -0.39 is 0 Å². The fourth-order valence-electron chi connectivity index (χ4n) is 0.821. The van der Waals surface area contributed by atoms with Crippen molar-refractivity contribution in [1.82, 2.24) is 30.4 Å². The molecule has 0 fully saturated rings. The van der Waals surface area contributed by atoms with E-state index in [1.807, 2.05) is 0 Å². The first-order valence-corrected chi connectivity index (χ1v) is 3.75. The predicted molar refractivity (Wildman–Crippen MR) is 48.5 cm³/mol. The first kappa shape index (κ1) is 8.86. The van der Waals surface area contributed by atoms with E-state index in [0.717, 1.165) is 0 Å². The van der Waals surface area contributed by atoms with Crippen LogP contribution in [0, 0.1) is 4.91 Å². The molecule has 0 saturated heterocycles. The monoisotopic (exact) mass is 211 g/mol. The Kier molecular flexibility index (Phi) is 1.89. The maximum absolute atomic E-state index is 11.3. The number of nitrogens with zero attached hydrogens (tertiary/aromatic N) is 5. The van der Waals surface area contributed by atoms with Gasteiger partial charge >= 0.3 is 11.9 Å². The van der Waals surface area contributed by atoms with Crippen molar-refractivity contribution in [3.63, 3.8) is 0 Å². The molecule has 0 atom stereocenters. The molecule has 0 unspecified atom stereocenters. The van der Waals surface area contributed by atoms with Crippen LogP contribution in [-0.4, -0.2) is 35.2 Å². The molecule has 0 aliphatic heterocycles. The van der Waals surface area contributed by atoms with Gasteiger partial charge in [-0.25, -0.2) is 5.10 Å². The standard InChI is InChI=1S/C4H7N10O/c5-1-7-3(11-9-1)13-14(15)4-8-2(6)10-12-4/h(H3,6,8,10,12)(H4,5,7,9,11,13,15)/q+1. The molecular weight excluding hydrogens is 204 g/mol. The van der Waals surface area contributed by atoms with E-state index in [0.29, 0.717) is 0 Å². The number of anilines is 3. The smallest absolute Gasteiger partial charge is 0.368 e. The minimum atomic E-state index is -0.184. The summed E-state index contributed by atoms with van der Waals surface area (Å²) in [6.07, 6.45) is 0. The van der Waals surface area contributed by atoms with Crippen LogP contribution in [0.5, 0.6) is 0 Å². The summed E-state index contributed by atoms with van der Waals surface area (Å²) in [5.41, 5.74) is 12.7. The molecule has 0 aliphatic carbocycles. The Labute approximate surface area is 81.8 Å². The third kappa shape index (κ3) is 1.79. The van der Waals surface area contributed by atoms with Gasteiger partial charge in [-0.05, 0) is 4.98 Å². The molecule has 0 bridgehead atoms. The van der Waals surface area contributed by atoms with Gasteiger partial charge in [0.1, 0.15) is 0 Å². The van der Waals surface area contributed by atoms with E-state index in [1.54, 1.807) is 0 Å². The van der Waals surface area contributed by atoms with E-state index in [-0.39, 0.29) is 28.7 Å². The number of hydrogen-bond acceptors (Lipinski definition) is 7. The number of nitrogen functional groups attached to an aromatic ring is 2. The number of nitroso groups, excluding NO2 is 1. The maximum Gasteiger partial charge on any atom is 0.517 e. The second-order valence-corrected chi connectivity index (χ2v) is 2.47. The number of hydrogen-bond donors (Lipinski definition) is 5. The highest BCUT2D eigenvalue weighted by molar-refractivity contribution is 5.28. The van der Waals surface area contributed by atoms with Gasteiger partial charge in [0, 0.05) is 5.10 Å². The highest BCUT2D eigenvalue weighted by atomic mass is 16.3. The Hall–Kier alpha value is -2.72. The number of nitrogens with one attached hydrogen (secondary N) is 3. The van der Waals surface area contributed by atoms with E-state index >= 15 is 0 Å². The largest absolute Gasteiger partial charge is 0.517 e. The van der Waals surface area contributed by atoms with Crippen molar-refractivity contribution in [2.75, 3.05) is 16.9 Å². The first-order valence-electron chi connectivity index (χ1n) is 3.75. The van der Waals surface area contributed by atoms with Crippen molar-refractivity contribution in [2.24, 2.45) is 0 Å². The fraction of sp³-hybridized carbons (Fsp3) is 0. The van der Waals surface area contributed by atoms with E-state index in [1.165, 1.54) is 0 Å². The Morgan fingerprint density at radius 1 is 1.13 bits per heavy atom. The second-order valence-electron chi connectivity index (χ2n) is 2.47. The summed E-state index contributed by atoms with van der Waals surface area (Å²) in [6, 6.07) is 0. The molecule has 0 amide bonds. The normalized spacial score (nSPS) is 10.1. The van der Waals surface area contributed by atoms with Crippen LogP contribution in [0.25, 0.3) is 0 Å². The van der Waals surface area contributed by atoms with Gasteiger partial charge in [-0.3, -0.25) is 0 Å². The summed E-state index contributed by atoms with van der Waals surface area (Å²) >= 11 is 0. The number of H-pyrrole nitrogens is 2. The van der Waals surface area contributed by atoms with Gasteiger partial charge in [0.15, 0.2) is 0 Å². The Morgan fingerprint density at radius 3 is 2.33 bits per heavy atom. The summed E-state index contributed by atoms with van der Waals surface area (Å²) < 4.78 is 0. The minimum absolute atomic E-state index is 0.00544. The number of hydrazine groups is 1. The summed E-state index contributed by atoms with van der Waals surface area (Å²) in [6.45, 7) is 0. The molecule has 11 heteroatoms. The molecular formula is C4H7N10O+. The van der Waals surface area contributed by atoms with Crippen molar-refractivity contribution in [1.29, 1.82) is 0 Å². The van der Waals surface area contributed by atoms with Gasteiger partial charge < -0.3 is 11.5 Å². The first-order chi connectivity index (χ1) is 7.15. The molecule has 2 aromatic rings. The average molecular weight is 211 g/mol. The highest BCUT2D eigenvalue weighted by Gasteiger charge is 2.20. The van der Waals surface area contributed by atoms with Crippen molar-refractivity contribution in [3.05, 3.63) is 4.91 Å². The zero-order valence-corrected chi connectivity index (χ0v) is 7.30. The van der Waals surface area contributed by atoms with E-state index in [9.17, 15) is 4.91 Å². The lowest BCUT2D eigenvalue weighted by atomic mass is 11.0. The molecule has 15 heavy (non-hydrogen) atoms. The molecule has 78 valence electrons. The fourth-order valence-corrected chi connectivity index (χ4v) is 0.821. The molecule has 2 heterocycles. The molecule has 0 spiro atoms. The lowest BCUT2D eigenvalue weighted by Crippen LogP contribution is -2.12. The topological polar surface area (TPSA) is 167 Å². The molecule has 2 aromatic heterocycles. The zero-order valence-electron chi connectivity index (χ0n) is 7.30. The third-order valence-corrected chi connectivity index (χ3v) is 1.38. The molecule has 11 nitrogen and oxygen atoms in total. The summed E-state index contributed by atoms with van der Waals surface area (Å²) in [5, 5.41) is 11.7. The van der Waals surface area contributed by atoms with Gasteiger partial charge in [0.25, 0.3) is 5.95 Å². The van der Waals surface area contributed by atoms with Gasteiger partial charge in [-0.2, -0.15) is 15.5 Å². The maximum atomic E-state index is 11.3. The third-order valence-electron chi connectivity index (χ3n) is 1.38. The summed E-state index contributed by atoms with van der Waals surface area (Å²) in [5.74, 6) is -0.0655. The number of nitrogens with two attached hydrogens (primary N) is 2. The Balaban J connectivity index is 2.10. The Bertz CT molecular complexity index is 483. The summed E-state index contributed by atoms with van der Waals surface area (Å²) in [7, 11) is 0. The SMILES string of the molecule is Nc1nc(N[N+](=O)c2n[nH]c(N)n2)n[nH]1. The molecule has 0 radical (unpaired) electrons. The lowest BCUT2D eigenvalue weighted by Gasteiger charge is -1.89. The molecule has 0 aliphatic rings. The quantitative estimate of drug-likeness (QED) is 0.302. The Morgan fingerprint density at radius 2 is 1.80 bits per heavy atom. The second kappa shape index (κ2) is 3.21. The van der Waals surface area contributed by atoms with Crippen LogP contribution in [0.1, 0.15) is 0 Å². The highest BCUT2D eigenvalue weighted by Crippen LogP contribution is 2.06. The average Bonchev–Trinajstić information content (AvgIpc) is 2.75. The predicted octanol–water partition coefficient (Wildman–Crippen LogP) is -1.48. The summed E-state index contributed by atoms with van der Waals surface area (Å²) in [4.78, 5) is 18.8. The van der Waals surface area contributed by atoms with Crippen LogP contribution < -0.4 is 16.9 Å². The number of aromatic nitrogens is 6. The number of aromatic amines is 2. The van der Waals surface area contributed by atoms with Crippen molar-refractivity contribution in [3.8, 4) is 0 Å². The molecule has 2 rings (SSSR count). The van der Waals surface area contributed by atoms with Gasteiger partial charge in [-0.15, -0.1) is 5.10 Å². The van der Waals surface area contributed by atoms with Crippen LogP contribution >= 0.6 is 0 Å². The molecule has 0 saturated carbocycles. The van der Waals surface area contributed by atoms with Crippen LogP contribution in [0.15, 0.2) is 0 Å². The van der Waals surface area contributed by atoms with Gasteiger partial charge in [0.05, 0.1) is 4.87 Å². The zero-order chi connectivity index (χ0) is 10.8. The van der Waals surface area contributed by atoms with Crippen molar-refractivity contribution >= 4 is 23.8 Å². The van der Waals surface area contributed by atoms with E-state index in [2.05, 4.69) is 35.8 Å². The van der Waals surface area contributed by atoms with Crippen LogP contribution in [0.2, 0.25) is 0 Å². The van der Waals surface area contributed by atoms with Gasteiger partial charge in [-0.1, -0.05) is 4.91 Å². The molecule has 0 aromatic carbocycles. The van der Waals surface area contributed by atoms with Crippen molar-refractivity contribution < 1.29 is 4.87 Å². The minimum Gasteiger partial charge on any atom is -0.368 e.